The number of carbonyl (C=O) groups excluding carboxylic acids is 1. The highest BCUT2D eigenvalue weighted by molar-refractivity contribution is 8.18. The second-order valence-electron chi connectivity index (χ2n) is 4.84. The van der Waals surface area contributed by atoms with E-state index in [0.717, 1.165) is 0 Å². The Hall–Kier alpha value is -2.31. The van der Waals surface area contributed by atoms with E-state index in [4.69, 9.17) is 0 Å². The standard InChI is InChI=1S/C16H14N2O3S/c19-12-6-3-5-11(9-12)17-16-18-15(21)14(22-16)8-10-4-1-2-7-13(10)20/h1-5,7-9,12,19-20H,6H2,(H,17,18,21). The molecule has 0 aromatic heterocycles. The van der Waals surface area contributed by atoms with E-state index in [9.17, 15) is 15.0 Å². The van der Waals surface area contributed by atoms with Gasteiger partial charge in [-0.15, -0.1) is 0 Å². The Labute approximate surface area is 131 Å². The van der Waals surface area contributed by atoms with Gasteiger partial charge in [0.1, 0.15) is 5.75 Å². The van der Waals surface area contributed by atoms with Crippen LogP contribution in [-0.4, -0.2) is 27.4 Å². The molecule has 1 aliphatic heterocycles. The van der Waals surface area contributed by atoms with Crippen LogP contribution in [0.15, 0.2) is 58.1 Å². The number of aliphatic hydroxyl groups excluding tert-OH is 1. The molecule has 1 aromatic rings. The molecular weight excluding hydrogens is 300 g/mol. The molecule has 22 heavy (non-hydrogen) atoms. The van der Waals surface area contributed by atoms with Crippen molar-refractivity contribution in [3.05, 3.63) is 58.7 Å². The van der Waals surface area contributed by atoms with Crippen molar-refractivity contribution < 1.29 is 15.0 Å². The van der Waals surface area contributed by atoms with Crippen molar-refractivity contribution >= 4 is 28.9 Å². The number of benzene rings is 1. The van der Waals surface area contributed by atoms with E-state index in [1.165, 1.54) is 11.8 Å². The minimum Gasteiger partial charge on any atom is -0.507 e. The number of hydrogen-bond acceptors (Lipinski definition) is 5. The van der Waals surface area contributed by atoms with Crippen LogP contribution in [0.1, 0.15) is 12.0 Å². The summed E-state index contributed by atoms with van der Waals surface area (Å²) in [5, 5.41) is 22.4. The molecule has 1 saturated heterocycles. The predicted octanol–water partition coefficient (Wildman–Crippen LogP) is 2.16. The topological polar surface area (TPSA) is 81.9 Å². The first-order valence-electron chi connectivity index (χ1n) is 6.76. The smallest absolute Gasteiger partial charge is 0.264 e. The van der Waals surface area contributed by atoms with E-state index < -0.39 is 6.10 Å². The molecule has 5 nitrogen and oxygen atoms in total. The molecule has 1 aromatic carbocycles. The number of rotatable bonds is 2. The van der Waals surface area contributed by atoms with Crippen LogP contribution in [0.2, 0.25) is 0 Å². The average molecular weight is 314 g/mol. The summed E-state index contributed by atoms with van der Waals surface area (Å²) in [4.78, 5) is 16.7. The van der Waals surface area contributed by atoms with Crippen molar-refractivity contribution in [2.75, 3.05) is 0 Å². The summed E-state index contributed by atoms with van der Waals surface area (Å²) in [6, 6.07) is 6.81. The predicted molar refractivity (Wildman–Crippen MR) is 87.1 cm³/mol. The Morgan fingerprint density at radius 2 is 2.18 bits per heavy atom. The SMILES string of the molecule is O=C1NC(=NC2=CC(O)CC=C2)SC1=Cc1ccccc1O. The van der Waals surface area contributed by atoms with Gasteiger partial charge >= 0.3 is 0 Å². The molecule has 3 N–H and O–H groups in total. The maximum absolute atomic E-state index is 12.0. The lowest BCUT2D eigenvalue weighted by Crippen LogP contribution is -2.20. The van der Waals surface area contributed by atoms with Gasteiger partial charge in [0.25, 0.3) is 5.91 Å². The first-order chi connectivity index (χ1) is 10.6. The molecule has 0 bridgehead atoms. The third-order valence-electron chi connectivity index (χ3n) is 3.13. The van der Waals surface area contributed by atoms with E-state index in [2.05, 4.69) is 10.3 Å². The molecule has 0 spiro atoms. The number of aliphatic hydroxyl groups is 1. The monoisotopic (exact) mass is 314 g/mol. The minimum atomic E-state index is -0.539. The van der Waals surface area contributed by atoms with Gasteiger partial charge in [-0.1, -0.05) is 24.3 Å². The second kappa shape index (κ2) is 6.21. The number of nitrogens with one attached hydrogen (secondary N) is 1. The fourth-order valence-corrected chi connectivity index (χ4v) is 2.90. The number of aliphatic imine (C=N–C) groups is 1. The third-order valence-corrected chi connectivity index (χ3v) is 4.04. The molecule has 0 radical (unpaired) electrons. The largest absolute Gasteiger partial charge is 0.507 e. The van der Waals surface area contributed by atoms with Crippen LogP contribution in [0, 0.1) is 0 Å². The number of amidine groups is 1. The summed E-state index contributed by atoms with van der Waals surface area (Å²) in [6.07, 6.45) is 6.94. The van der Waals surface area contributed by atoms with Crippen LogP contribution in [-0.2, 0) is 4.79 Å². The lowest BCUT2D eigenvalue weighted by atomic mass is 10.1. The highest BCUT2D eigenvalue weighted by atomic mass is 32.2. The van der Waals surface area contributed by atoms with Crippen LogP contribution < -0.4 is 5.32 Å². The van der Waals surface area contributed by atoms with Gasteiger partial charge in [0.15, 0.2) is 5.17 Å². The number of allylic oxidation sites excluding steroid dienone is 1. The molecule has 6 heteroatoms. The van der Waals surface area contributed by atoms with E-state index in [1.54, 1.807) is 42.5 Å². The van der Waals surface area contributed by atoms with Gasteiger partial charge in [-0.05, 0) is 42.5 Å². The fourth-order valence-electron chi connectivity index (χ4n) is 2.07. The quantitative estimate of drug-likeness (QED) is 0.731. The number of amides is 1. The number of para-hydroxylation sites is 1. The summed E-state index contributed by atoms with van der Waals surface area (Å²) < 4.78 is 0. The average Bonchev–Trinajstić information content (AvgIpc) is 2.81. The third kappa shape index (κ3) is 3.29. The van der Waals surface area contributed by atoms with Crippen molar-refractivity contribution in [2.45, 2.75) is 12.5 Å². The Balaban J connectivity index is 1.82. The minimum absolute atomic E-state index is 0.120. The Morgan fingerprint density at radius 3 is 2.95 bits per heavy atom. The van der Waals surface area contributed by atoms with Gasteiger partial charge in [0.05, 0.1) is 16.7 Å². The van der Waals surface area contributed by atoms with E-state index in [0.29, 0.717) is 27.8 Å². The zero-order valence-electron chi connectivity index (χ0n) is 11.6. The molecule has 2 aliphatic rings. The number of thioether (sulfide) groups is 1. The lowest BCUT2D eigenvalue weighted by molar-refractivity contribution is -0.115. The summed E-state index contributed by atoms with van der Waals surface area (Å²) in [6.45, 7) is 0. The van der Waals surface area contributed by atoms with E-state index >= 15 is 0 Å². The van der Waals surface area contributed by atoms with Crippen LogP contribution in [0.3, 0.4) is 0 Å². The van der Waals surface area contributed by atoms with Gasteiger partial charge in [-0.25, -0.2) is 4.99 Å². The van der Waals surface area contributed by atoms with Gasteiger partial charge in [0, 0.05) is 5.56 Å². The van der Waals surface area contributed by atoms with Crippen LogP contribution in [0.5, 0.6) is 5.75 Å². The van der Waals surface area contributed by atoms with Gasteiger partial charge in [0.2, 0.25) is 0 Å². The van der Waals surface area contributed by atoms with E-state index in [1.807, 2.05) is 6.08 Å². The first-order valence-corrected chi connectivity index (χ1v) is 7.57. The van der Waals surface area contributed by atoms with Crippen LogP contribution >= 0.6 is 11.8 Å². The second-order valence-corrected chi connectivity index (χ2v) is 5.87. The molecular formula is C16H14N2O3S. The maximum Gasteiger partial charge on any atom is 0.264 e. The molecule has 1 amide bonds. The number of hydrogen-bond donors (Lipinski definition) is 3. The Bertz CT molecular complexity index is 735. The molecule has 0 saturated carbocycles. The zero-order valence-corrected chi connectivity index (χ0v) is 12.4. The van der Waals surface area contributed by atoms with Crippen molar-refractivity contribution in [3.8, 4) is 5.75 Å². The molecule has 1 fully saturated rings. The summed E-state index contributed by atoms with van der Waals surface area (Å²) in [5.41, 5.74) is 1.19. The number of aromatic hydroxyl groups is 1. The normalized spacial score (nSPS) is 24.7. The highest BCUT2D eigenvalue weighted by Gasteiger charge is 2.24. The van der Waals surface area contributed by atoms with Crippen molar-refractivity contribution in [3.63, 3.8) is 0 Å². The van der Waals surface area contributed by atoms with Crippen LogP contribution in [0.25, 0.3) is 6.08 Å². The zero-order chi connectivity index (χ0) is 15.5. The fraction of sp³-hybridized carbons (Fsp3) is 0.125. The molecule has 1 unspecified atom stereocenters. The van der Waals surface area contributed by atoms with E-state index in [-0.39, 0.29) is 11.7 Å². The maximum atomic E-state index is 12.0. The van der Waals surface area contributed by atoms with Gasteiger partial charge < -0.3 is 15.5 Å². The van der Waals surface area contributed by atoms with Crippen molar-refractivity contribution in [1.29, 1.82) is 0 Å². The molecule has 1 heterocycles. The summed E-state index contributed by atoms with van der Waals surface area (Å²) in [5.74, 6) is -0.136. The van der Waals surface area contributed by atoms with Gasteiger partial charge in [-0.2, -0.15) is 0 Å². The van der Waals surface area contributed by atoms with Crippen LogP contribution in [0.4, 0.5) is 0 Å². The van der Waals surface area contributed by atoms with Crippen molar-refractivity contribution in [2.24, 2.45) is 4.99 Å². The Kier molecular flexibility index (Phi) is 4.13. The number of nitrogens with zero attached hydrogens (tertiary/aromatic N) is 1. The highest BCUT2D eigenvalue weighted by Crippen LogP contribution is 2.29. The summed E-state index contributed by atoms with van der Waals surface area (Å²) in [7, 11) is 0. The van der Waals surface area contributed by atoms with Crippen molar-refractivity contribution in [1.82, 2.24) is 5.32 Å². The first kappa shape index (κ1) is 14.6. The number of phenolic OH excluding ortho intramolecular Hbond substituents is 1. The summed E-state index contributed by atoms with van der Waals surface area (Å²) >= 11 is 1.20. The number of carbonyl (C=O) groups is 1. The Morgan fingerprint density at radius 1 is 1.36 bits per heavy atom. The molecule has 1 aliphatic carbocycles. The van der Waals surface area contributed by atoms with Gasteiger partial charge in [-0.3, -0.25) is 4.79 Å². The molecule has 112 valence electrons. The molecule has 3 rings (SSSR count). The number of phenols is 1. The molecule has 1 atom stereocenters. The lowest BCUT2D eigenvalue weighted by Gasteiger charge is -2.08.